The summed E-state index contributed by atoms with van der Waals surface area (Å²) >= 11 is 0. The molecule has 0 radical (unpaired) electrons. The number of fused-ring (bicyclic) bond motifs is 1. The Morgan fingerprint density at radius 3 is 2.53 bits per heavy atom. The lowest BCUT2D eigenvalue weighted by atomic mass is 10.0. The van der Waals surface area contributed by atoms with E-state index in [9.17, 15) is 31.9 Å². The van der Waals surface area contributed by atoms with Crippen LogP contribution in [0.1, 0.15) is 18.4 Å². The van der Waals surface area contributed by atoms with Crippen LogP contribution in [0.15, 0.2) is 12.3 Å². The molecule has 0 unspecified atom stereocenters. The Morgan fingerprint density at radius 2 is 1.91 bits per heavy atom. The Kier molecular flexibility index (Phi) is 5.91. The van der Waals surface area contributed by atoms with Crippen molar-refractivity contribution in [2.75, 3.05) is 25.5 Å². The van der Waals surface area contributed by atoms with Crippen LogP contribution in [-0.4, -0.2) is 62.1 Å². The molecule has 4 rings (SSSR count). The summed E-state index contributed by atoms with van der Waals surface area (Å²) in [6.45, 7) is 0.939. The summed E-state index contributed by atoms with van der Waals surface area (Å²) in [6, 6.07) is 0.208. The number of aromatic nitrogens is 4. The number of alkyl halides is 3. The number of piperidine rings is 1. The SMILES string of the molecule is COC(=O)N1CCC(Nc2ncc3c(-c4cc(C(F)(F)F)c(F)c(O)c4F)nn(C)c3n2)CC1. The van der Waals surface area contributed by atoms with Crippen LogP contribution in [0.4, 0.5) is 32.7 Å². The third-order valence-corrected chi connectivity index (χ3v) is 5.58. The number of halogens is 5. The zero-order valence-electron chi connectivity index (χ0n) is 18.0. The minimum atomic E-state index is -5.16. The zero-order valence-corrected chi connectivity index (χ0v) is 18.0. The first-order valence-corrected chi connectivity index (χ1v) is 10.1. The van der Waals surface area contributed by atoms with Crippen LogP contribution in [0.2, 0.25) is 0 Å². The van der Waals surface area contributed by atoms with E-state index >= 15 is 0 Å². The number of phenols is 1. The molecule has 2 aromatic heterocycles. The summed E-state index contributed by atoms with van der Waals surface area (Å²) in [6.07, 6.45) is -3.11. The van der Waals surface area contributed by atoms with Crippen molar-refractivity contribution < 1.29 is 36.6 Å². The Bertz CT molecular complexity index is 1250. The average molecular weight is 486 g/mol. The molecule has 14 heteroatoms. The van der Waals surface area contributed by atoms with Crippen LogP contribution in [-0.2, 0) is 18.0 Å². The van der Waals surface area contributed by atoms with Gasteiger partial charge in [-0.05, 0) is 18.9 Å². The number of hydrogen-bond acceptors (Lipinski definition) is 7. The van der Waals surface area contributed by atoms with Crippen molar-refractivity contribution in [3.8, 4) is 17.0 Å². The van der Waals surface area contributed by atoms with Gasteiger partial charge in [0.25, 0.3) is 0 Å². The molecule has 0 spiro atoms. The van der Waals surface area contributed by atoms with Gasteiger partial charge in [0.05, 0.1) is 18.1 Å². The second-order valence-electron chi connectivity index (χ2n) is 7.72. The number of ether oxygens (including phenoxy) is 1. The van der Waals surface area contributed by atoms with Gasteiger partial charge in [-0.15, -0.1) is 0 Å². The third-order valence-electron chi connectivity index (χ3n) is 5.58. The molecule has 9 nitrogen and oxygen atoms in total. The minimum Gasteiger partial charge on any atom is -0.503 e. The van der Waals surface area contributed by atoms with Gasteiger partial charge >= 0.3 is 12.3 Å². The summed E-state index contributed by atoms with van der Waals surface area (Å²) < 4.78 is 73.8. The number of nitrogens with zero attached hydrogens (tertiary/aromatic N) is 5. The molecule has 34 heavy (non-hydrogen) atoms. The van der Waals surface area contributed by atoms with Crippen molar-refractivity contribution in [2.24, 2.45) is 7.05 Å². The second-order valence-corrected chi connectivity index (χ2v) is 7.72. The van der Waals surface area contributed by atoms with E-state index in [2.05, 4.69) is 20.4 Å². The molecule has 1 fully saturated rings. The summed E-state index contributed by atoms with van der Waals surface area (Å²) in [7, 11) is 2.75. The van der Waals surface area contributed by atoms with E-state index in [1.807, 2.05) is 0 Å². The molecule has 0 bridgehead atoms. The molecule has 3 aromatic rings. The van der Waals surface area contributed by atoms with Crippen molar-refractivity contribution in [1.82, 2.24) is 24.6 Å². The first-order chi connectivity index (χ1) is 16.0. The van der Waals surface area contributed by atoms with E-state index in [-0.39, 0.29) is 34.8 Å². The number of hydrogen-bond donors (Lipinski definition) is 2. The van der Waals surface area contributed by atoms with E-state index < -0.39 is 40.8 Å². The highest BCUT2D eigenvalue weighted by molar-refractivity contribution is 5.91. The summed E-state index contributed by atoms with van der Waals surface area (Å²) in [5.74, 6) is -5.22. The smallest absolute Gasteiger partial charge is 0.419 e. The number of amides is 1. The van der Waals surface area contributed by atoms with Gasteiger partial charge in [-0.2, -0.15) is 23.3 Å². The van der Waals surface area contributed by atoms with Crippen molar-refractivity contribution in [1.29, 1.82) is 0 Å². The van der Waals surface area contributed by atoms with Crippen molar-refractivity contribution in [2.45, 2.75) is 25.1 Å². The van der Waals surface area contributed by atoms with E-state index in [0.717, 1.165) is 0 Å². The number of phenolic OH excluding ortho intramolecular Hbond substituents is 1. The van der Waals surface area contributed by atoms with Crippen molar-refractivity contribution >= 4 is 23.1 Å². The van der Waals surface area contributed by atoms with Gasteiger partial charge in [-0.1, -0.05) is 0 Å². The Hall–Kier alpha value is -3.71. The lowest BCUT2D eigenvalue weighted by molar-refractivity contribution is -0.140. The van der Waals surface area contributed by atoms with Crippen LogP contribution in [0.5, 0.6) is 5.75 Å². The number of aromatic hydroxyl groups is 1. The van der Waals surface area contributed by atoms with Gasteiger partial charge in [-0.3, -0.25) is 0 Å². The standard InChI is InChI=1S/C20H19F5N6O3/c1-30-17-11(8-26-18(28-17)27-9-3-5-31(6-4-9)19(33)34-2)15(29-30)10-7-12(20(23,24)25)14(22)16(32)13(10)21/h7-9,32H,3-6H2,1-2H3,(H,26,27,28). The van der Waals surface area contributed by atoms with Gasteiger partial charge in [0, 0.05) is 37.9 Å². The first kappa shape index (κ1) is 23.4. The fourth-order valence-electron chi connectivity index (χ4n) is 3.83. The number of methoxy groups -OCH3 is 1. The third kappa shape index (κ3) is 4.15. The van der Waals surface area contributed by atoms with Crippen LogP contribution in [0.25, 0.3) is 22.3 Å². The van der Waals surface area contributed by atoms with E-state index in [1.165, 1.54) is 25.0 Å². The molecule has 0 aliphatic carbocycles. The Balaban J connectivity index is 1.65. The van der Waals surface area contributed by atoms with E-state index in [0.29, 0.717) is 25.9 Å². The van der Waals surface area contributed by atoms with E-state index in [4.69, 9.17) is 4.74 Å². The number of rotatable bonds is 3. The molecular weight excluding hydrogens is 467 g/mol. The molecule has 1 aliphatic heterocycles. The Labute approximate surface area is 189 Å². The lowest BCUT2D eigenvalue weighted by Gasteiger charge is -2.31. The van der Waals surface area contributed by atoms with Gasteiger partial charge in [-0.25, -0.2) is 23.2 Å². The van der Waals surface area contributed by atoms with Crippen LogP contribution >= 0.6 is 0 Å². The molecule has 0 atom stereocenters. The lowest BCUT2D eigenvalue weighted by Crippen LogP contribution is -2.42. The van der Waals surface area contributed by atoms with Gasteiger partial charge in [0.2, 0.25) is 5.95 Å². The largest absolute Gasteiger partial charge is 0.503 e. The number of benzene rings is 1. The highest BCUT2D eigenvalue weighted by atomic mass is 19.4. The predicted molar refractivity (Wildman–Crippen MR) is 109 cm³/mol. The molecule has 1 amide bonds. The summed E-state index contributed by atoms with van der Waals surface area (Å²) in [4.78, 5) is 21.6. The Morgan fingerprint density at radius 1 is 1.24 bits per heavy atom. The molecular formula is C20H19F5N6O3. The fourth-order valence-corrected chi connectivity index (χ4v) is 3.83. The van der Waals surface area contributed by atoms with Gasteiger partial charge < -0.3 is 20.1 Å². The molecule has 1 saturated heterocycles. The first-order valence-electron chi connectivity index (χ1n) is 10.1. The quantitative estimate of drug-likeness (QED) is 0.545. The maximum absolute atomic E-state index is 14.6. The number of likely N-dealkylation sites (tertiary alicyclic amines) is 1. The summed E-state index contributed by atoms with van der Waals surface area (Å²) in [5.41, 5.74) is -2.67. The van der Waals surface area contributed by atoms with Gasteiger partial charge in [0.1, 0.15) is 5.69 Å². The van der Waals surface area contributed by atoms with Crippen molar-refractivity contribution in [3.63, 3.8) is 0 Å². The number of carbonyl (C=O) groups is 1. The van der Waals surface area contributed by atoms with Crippen molar-refractivity contribution in [3.05, 3.63) is 29.5 Å². The minimum absolute atomic E-state index is 0.0492. The highest BCUT2D eigenvalue weighted by Crippen LogP contribution is 2.41. The molecule has 1 aliphatic rings. The fraction of sp³-hybridized carbons (Fsp3) is 0.400. The highest BCUT2D eigenvalue weighted by Gasteiger charge is 2.38. The molecule has 2 N–H and O–H groups in total. The van der Waals surface area contributed by atoms with Crippen LogP contribution in [0, 0.1) is 11.6 Å². The molecule has 0 saturated carbocycles. The normalized spacial score (nSPS) is 15.1. The van der Waals surface area contributed by atoms with Gasteiger partial charge in [0.15, 0.2) is 23.0 Å². The number of nitrogens with one attached hydrogen (secondary N) is 1. The summed E-state index contributed by atoms with van der Waals surface area (Å²) in [5, 5.41) is 16.9. The van der Waals surface area contributed by atoms with Crippen LogP contribution in [0.3, 0.4) is 0 Å². The van der Waals surface area contributed by atoms with E-state index in [1.54, 1.807) is 4.90 Å². The number of anilines is 1. The topological polar surface area (TPSA) is 105 Å². The maximum Gasteiger partial charge on any atom is 0.419 e. The molecule has 1 aromatic carbocycles. The second kappa shape index (κ2) is 8.57. The number of carbonyl (C=O) groups excluding carboxylic acids is 1. The zero-order chi connectivity index (χ0) is 24.8. The number of aryl methyl sites for hydroxylation is 1. The predicted octanol–water partition coefficient (Wildman–Crippen LogP) is 3.68. The molecule has 3 heterocycles. The maximum atomic E-state index is 14.6. The van der Waals surface area contributed by atoms with Crippen LogP contribution < -0.4 is 5.32 Å². The molecule has 182 valence electrons. The monoisotopic (exact) mass is 486 g/mol. The average Bonchev–Trinajstić information content (AvgIpc) is 3.12.